The van der Waals surface area contributed by atoms with Crippen molar-refractivity contribution in [2.75, 3.05) is 19.7 Å². The lowest BCUT2D eigenvalue weighted by atomic mass is 10.2. The summed E-state index contributed by atoms with van der Waals surface area (Å²) in [5, 5.41) is 8.92. The number of carbonyl (C=O) groups is 1. The number of halogens is 5. The van der Waals surface area contributed by atoms with Crippen LogP contribution in [0, 0.1) is 0 Å². The van der Waals surface area contributed by atoms with Gasteiger partial charge in [0.05, 0.1) is 17.2 Å². The Bertz CT molecular complexity index is 466. The van der Waals surface area contributed by atoms with Gasteiger partial charge in [0, 0.05) is 11.6 Å². The van der Waals surface area contributed by atoms with Gasteiger partial charge >= 0.3 is 6.18 Å². The van der Waals surface area contributed by atoms with E-state index in [-0.39, 0.29) is 15.6 Å². The highest BCUT2D eigenvalue weighted by Crippen LogP contribution is 2.24. The zero-order valence-corrected chi connectivity index (χ0v) is 11.1. The van der Waals surface area contributed by atoms with Crippen molar-refractivity contribution in [3.8, 4) is 0 Å². The van der Waals surface area contributed by atoms with Crippen molar-refractivity contribution >= 4 is 29.1 Å². The second kappa shape index (κ2) is 6.45. The van der Waals surface area contributed by atoms with E-state index in [9.17, 15) is 18.0 Å². The van der Waals surface area contributed by atoms with Crippen LogP contribution in [0.2, 0.25) is 10.0 Å². The summed E-state index contributed by atoms with van der Waals surface area (Å²) in [5.74, 6) is -0.932. The maximum Gasteiger partial charge on any atom is 0.406 e. The molecule has 1 rings (SSSR count). The molecule has 0 aliphatic carbocycles. The van der Waals surface area contributed by atoms with Crippen LogP contribution in [0.4, 0.5) is 13.2 Å². The molecule has 1 aromatic carbocycles. The maximum atomic E-state index is 12.4. The molecule has 0 saturated heterocycles. The maximum absolute atomic E-state index is 12.4. The third-order valence-electron chi connectivity index (χ3n) is 2.19. The SMILES string of the molecule is O=C(c1cc(Cl)ccc1Cl)N(CCO)CC(F)(F)F. The van der Waals surface area contributed by atoms with E-state index in [4.69, 9.17) is 28.3 Å². The van der Waals surface area contributed by atoms with Gasteiger partial charge in [-0.2, -0.15) is 13.2 Å². The lowest BCUT2D eigenvalue weighted by molar-refractivity contribution is -0.141. The third-order valence-corrected chi connectivity index (χ3v) is 2.75. The first-order valence-corrected chi connectivity index (χ1v) is 5.92. The largest absolute Gasteiger partial charge is 0.406 e. The van der Waals surface area contributed by atoms with E-state index < -0.39 is 31.8 Å². The highest BCUT2D eigenvalue weighted by molar-refractivity contribution is 6.35. The Labute approximate surface area is 117 Å². The Balaban J connectivity index is 3.02. The Morgan fingerprint density at radius 2 is 1.95 bits per heavy atom. The second-order valence-corrected chi connectivity index (χ2v) is 4.53. The molecule has 0 aromatic heterocycles. The number of alkyl halides is 3. The summed E-state index contributed by atoms with van der Waals surface area (Å²) in [5.41, 5.74) is -0.133. The topological polar surface area (TPSA) is 40.5 Å². The summed E-state index contributed by atoms with van der Waals surface area (Å²) in [6.45, 7) is -2.49. The molecule has 106 valence electrons. The van der Waals surface area contributed by atoms with Crippen LogP contribution in [0.1, 0.15) is 10.4 Å². The van der Waals surface area contributed by atoms with Gasteiger partial charge in [0.2, 0.25) is 0 Å². The smallest absolute Gasteiger partial charge is 0.395 e. The van der Waals surface area contributed by atoms with Crippen molar-refractivity contribution in [3.05, 3.63) is 33.8 Å². The average Bonchev–Trinajstić information content (AvgIpc) is 2.29. The van der Waals surface area contributed by atoms with Crippen molar-refractivity contribution < 1.29 is 23.1 Å². The van der Waals surface area contributed by atoms with Gasteiger partial charge in [0.25, 0.3) is 5.91 Å². The van der Waals surface area contributed by atoms with Crippen LogP contribution in [-0.4, -0.2) is 41.8 Å². The third kappa shape index (κ3) is 4.89. The van der Waals surface area contributed by atoms with E-state index >= 15 is 0 Å². The Kier molecular flexibility index (Phi) is 5.46. The molecule has 0 fully saturated rings. The molecule has 0 bridgehead atoms. The first-order chi connectivity index (χ1) is 8.74. The molecule has 1 aromatic rings. The van der Waals surface area contributed by atoms with Crippen LogP contribution in [0.3, 0.4) is 0 Å². The van der Waals surface area contributed by atoms with Crippen LogP contribution in [-0.2, 0) is 0 Å². The van der Waals surface area contributed by atoms with Crippen molar-refractivity contribution in [1.82, 2.24) is 4.90 Å². The minimum Gasteiger partial charge on any atom is -0.395 e. The summed E-state index contributed by atoms with van der Waals surface area (Å²) < 4.78 is 37.1. The molecule has 1 amide bonds. The van der Waals surface area contributed by atoms with Gasteiger partial charge in [0.15, 0.2) is 0 Å². The first kappa shape index (κ1) is 16.1. The van der Waals surface area contributed by atoms with Gasteiger partial charge in [0.1, 0.15) is 6.54 Å². The lowest BCUT2D eigenvalue weighted by Crippen LogP contribution is -2.40. The van der Waals surface area contributed by atoms with E-state index in [1.165, 1.54) is 18.2 Å². The molecule has 0 aliphatic heterocycles. The normalized spacial score (nSPS) is 11.5. The van der Waals surface area contributed by atoms with Crippen molar-refractivity contribution in [1.29, 1.82) is 0 Å². The standard InChI is InChI=1S/C11H10Cl2F3NO2/c12-7-1-2-9(13)8(5-7)10(19)17(3-4-18)6-11(14,15)16/h1-2,5,18H,3-4,6H2. The Morgan fingerprint density at radius 3 is 2.47 bits per heavy atom. The number of benzene rings is 1. The molecule has 1 N–H and O–H groups in total. The fraction of sp³-hybridized carbons (Fsp3) is 0.364. The molecular formula is C11H10Cl2F3NO2. The van der Waals surface area contributed by atoms with Crippen molar-refractivity contribution in [3.63, 3.8) is 0 Å². The van der Waals surface area contributed by atoms with Crippen LogP contribution in [0.15, 0.2) is 18.2 Å². The minimum absolute atomic E-state index is 0.000450. The summed E-state index contributed by atoms with van der Waals surface area (Å²) in [4.78, 5) is 12.4. The summed E-state index contributed by atoms with van der Waals surface area (Å²) in [7, 11) is 0. The first-order valence-electron chi connectivity index (χ1n) is 5.16. The number of carbonyl (C=O) groups excluding carboxylic acids is 1. The highest BCUT2D eigenvalue weighted by atomic mass is 35.5. The Morgan fingerprint density at radius 1 is 1.32 bits per heavy atom. The van der Waals surface area contributed by atoms with Crippen LogP contribution in [0.5, 0.6) is 0 Å². The molecule has 0 unspecified atom stereocenters. The van der Waals surface area contributed by atoms with E-state index in [1.54, 1.807) is 0 Å². The molecule has 0 radical (unpaired) electrons. The number of hydrogen-bond acceptors (Lipinski definition) is 2. The van der Waals surface area contributed by atoms with E-state index in [1.807, 2.05) is 0 Å². The summed E-state index contributed by atoms with van der Waals surface area (Å²) in [6.07, 6.45) is -4.56. The van der Waals surface area contributed by atoms with E-state index in [2.05, 4.69) is 0 Å². The number of amides is 1. The number of aliphatic hydroxyl groups is 1. The molecule has 19 heavy (non-hydrogen) atoms. The molecule has 8 heteroatoms. The lowest BCUT2D eigenvalue weighted by Gasteiger charge is -2.23. The second-order valence-electron chi connectivity index (χ2n) is 3.69. The van der Waals surface area contributed by atoms with Crippen LogP contribution < -0.4 is 0 Å². The fourth-order valence-corrected chi connectivity index (χ4v) is 1.79. The van der Waals surface area contributed by atoms with E-state index in [0.29, 0.717) is 4.90 Å². The number of nitrogens with zero attached hydrogens (tertiary/aromatic N) is 1. The van der Waals surface area contributed by atoms with Gasteiger partial charge in [-0.15, -0.1) is 0 Å². The highest BCUT2D eigenvalue weighted by Gasteiger charge is 2.33. The summed E-state index contributed by atoms with van der Waals surface area (Å²) >= 11 is 11.4. The van der Waals surface area contributed by atoms with Crippen LogP contribution in [0.25, 0.3) is 0 Å². The van der Waals surface area contributed by atoms with Crippen molar-refractivity contribution in [2.45, 2.75) is 6.18 Å². The number of aliphatic hydroxyl groups excluding tert-OH is 1. The molecule has 0 spiro atoms. The Hall–Kier alpha value is -0.980. The average molecular weight is 316 g/mol. The predicted molar refractivity (Wildman–Crippen MR) is 65.5 cm³/mol. The molecule has 0 atom stereocenters. The van der Waals surface area contributed by atoms with Gasteiger partial charge < -0.3 is 10.0 Å². The van der Waals surface area contributed by atoms with Crippen molar-refractivity contribution in [2.24, 2.45) is 0 Å². The van der Waals surface area contributed by atoms with E-state index in [0.717, 1.165) is 0 Å². The summed E-state index contributed by atoms with van der Waals surface area (Å²) in [6, 6.07) is 3.93. The molecule has 3 nitrogen and oxygen atoms in total. The quantitative estimate of drug-likeness (QED) is 0.928. The molecule has 0 heterocycles. The monoisotopic (exact) mass is 315 g/mol. The zero-order chi connectivity index (χ0) is 14.6. The van der Waals surface area contributed by atoms with Gasteiger partial charge in [-0.05, 0) is 18.2 Å². The van der Waals surface area contributed by atoms with Gasteiger partial charge in [-0.3, -0.25) is 4.79 Å². The van der Waals surface area contributed by atoms with Gasteiger partial charge in [-0.25, -0.2) is 0 Å². The van der Waals surface area contributed by atoms with Crippen LogP contribution >= 0.6 is 23.2 Å². The predicted octanol–water partition coefficient (Wildman–Crippen LogP) is 2.99. The van der Waals surface area contributed by atoms with Gasteiger partial charge in [-0.1, -0.05) is 23.2 Å². The zero-order valence-electron chi connectivity index (χ0n) is 9.55. The fourth-order valence-electron chi connectivity index (χ4n) is 1.42. The molecular weight excluding hydrogens is 306 g/mol. The minimum atomic E-state index is -4.56. The molecule has 0 saturated carbocycles. The number of hydrogen-bond donors (Lipinski definition) is 1. The molecule has 0 aliphatic rings. The number of rotatable bonds is 4.